The van der Waals surface area contributed by atoms with E-state index in [-0.39, 0.29) is 16.5 Å². The van der Waals surface area contributed by atoms with E-state index in [1.54, 1.807) is 0 Å². The number of hydrogen-bond donors (Lipinski definition) is 1. The van der Waals surface area contributed by atoms with E-state index >= 15 is 0 Å². The summed E-state index contributed by atoms with van der Waals surface area (Å²) in [6.07, 6.45) is 1.04. The van der Waals surface area contributed by atoms with Crippen LogP contribution in [0.5, 0.6) is 11.5 Å². The van der Waals surface area contributed by atoms with Crippen LogP contribution in [0.2, 0.25) is 5.02 Å². The van der Waals surface area contributed by atoms with Gasteiger partial charge in [0.25, 0.3) is 0 Å². The van der Waals surface area contributed by atoms with Crippen LogP contribution in [-0.2, 0) is 4.79 Å². The minimum Gasteiger partial charge on any atom is -0.506 e. The van der Waals surface area contributed by atoms with Gasteiger partial charge in [-0.15, -0.1) is 0 Å². The topological polar surface area (TPSA) is 46.5 Å². The van der Waals surface area contributed by atoms with Gasteiger partial charge in [-0.2, -0.15) is 0 Å². The van der Waals surface area contributed by atoms with Crippen molar-refractivity contribution in [3.8, 4) is 11.5 Å². The Balaban J connectivity index is 2.85. The molecule has 13 heavy (non-hydrogen) atoms. The van der Waals surface area contributed by atoms with Crippen LogP contribution in [-0.4, -0.2) is 11.1 Å². The molecule has 1 N–H and O–H groups in total. The highest BCUT2D eigenvalue weighted by atomic mass is 35.5. The van der Waals surface area contributed by atoms with Crippen molar-refractivity contribution >= 4 is 17.6 Å². The van der Waals surface area contributed by atoms with Gasteiger partial charge >= 0.3 is 5.97 Å². The standard InChI is InChI=1S/C9H7ClO3/c1-2-9(12)13-6-3-4-8(11)7(10)5-6/h2-5,11H,1H2. The third-order valence-electron chi connectivity index (χ3n) is 1.30. The molecule has 0 saturated heterocycles. The van der Waals surface area contributed by atoms with Crippen molar-refractivity contribution in [1.82, 2.24) is 0 Å². The Morgan fingerprint density at radius 3 is 2.85 bits per heavy atom. The van der Waals surface area contributed by atoms with Crippen LogP contribution in [0.25, 0.3) is 0 Å². The first-order chi connectivity index (χ1) is 6.13. The molecule has 0 heterocycles. The van der Waals surface area contributed by atoms with Crippen molar-refractivity contribution in [3.63, 3.8) is 0 Å². The SMILES string of the molecule is C=CC(=O)Oc1ccc(O)c(Cl)c1. The zero-order valence-corrected chi connectivity index (χ0v) is 7.41. The highest BCUT2D eigenvalue weighted by Gasteiger charge is 2.03. The summed E-state index contributed by atoms with van der Waals surface area (Å²) in [6.45, 7) is 3.24. The third kappa shape index (κ3) is 2.49. The van der Waals surface area contributed by atoms with E-state index in [1.807, 2.05) is 0 Å². The lowest BCUT2D eigenvalue weighted by Crippen LogP contribution is -2.02. The Hall–Kier alpha value is -1.48. The summed E-state index contributed by atoms with van der Waals surface area (Å²) in [5.41, 5.74) is 0. The molecule has 1 rings (SSSR count). The largest absolute Gasteiger partial charge is 0.506 e. The van der Waals surface area contributed by atoms with Crippen molar-refractivity contribution in [2.24, 2.45) is 0 Å². The Bertz CT molecular complexity index is 347. The van der Waals surface area contributed by atoms with Crippen molar-refractivity contribution in [1.29, 1.82) is 0 Å². The van der Waals surface area contributed by atoms with Crippen molar-refractivity contribution < 1.29 is 14.6 Å². The first kappa shape index (κ1) is 9.61. The number of aromatic hydroxyl groups is 1. The lowest BCUT2D eigenvalue weighted by Gasteiger charge is -2.02. The molecule has 0 unspecified atom stereocenters. The highest BCUT2D eigenvalue weighted by Crippen LogP contribution is 2.27. The van der Waals surface area contributed by atoms with Crippen LogP contribution in [0.1, 0.15) is 0 Å². The van der Waals surface area contributed by atoms with Crippen LogP contribution < -0.4 is 4.74 Å². The van der Waals surface area contributed by atoms with Crippen molar-refractivity contribution in [2.75, 3.05) is 0 Å². The molecular weight excluding hydrogens is 192 g/mol. The third-order valence-corrected chi connectivity index (χ3v) is 1.61. The Kier molecular flexibility index (Phi) is 2.93. The number of rotatable bonds is 2. The maximum absolute atomic E-state index is 10.7. The molecule has 0 fully saturated rings. The smallest absolute Gasteiger partial charge is 0.335 e. The van der Waals surface area contributed by atoms with Gasteiger partial charge in [0.15, 0.2) is 0 Å². The predicted octanol–water partition coefficient (Wildman–Crippen LogP) is 2.14. The molecule has 1 aromatic rings. The summed E-state index contributed by atoms with van der Waals surface area (Å²) >= 11 is 5.57. The monoisotopic (exact) mass is 198 g/mol. The van der Waals surface area contributed by atoms with Crippen LogP contribution in [0.15, 0.2) is 30.9 Å². The Morgan fingerprint density at radius 1 is 1.62 bits per heavy atom. The van der Waals surface area contributed by atoms with Gasteiger partial charge in [0, 0.05) is 12.1 Å². The van der Waals surface area contributed by atoms with Crippen LogP contribution in [0.4, 0.5) is 0 Å². The number of halogens is 1. The molecule has 0 atom stereocenters. The fraction of sp³-hybridized carbons (Fsp3) is 0. The van der Waals surface area contributed by atoms with E-state index in [4.69, 9.17) is 21.4 Å². The van der Waals surface area contributed by atoms with E-state index in [9.17, 15) is 4.79 Å². The Labute approximate surface area is 80.2 Å². The molecule has 0 radical (unpaired) electrons. The molecule has 3 nitrogen and oxygen atoms in total. The van der Waals surface area contributed by atoms with Gasteiger partial charge in [0.1, 0.15) is 11.5 Å². The fourth-order valence-electron chi connectivity index (χ4n) is 0.709. The lowest BCUT2D eigenvalue weighted by molar-refractivity contribution is -0.128. The maximum Gasteiger partial charge on any atom is 0.335 e. The van der Waals surface area contributed by atoms with Gasteiger partial charge < -0.3 is 9.84 Å². The number of benzene rings is 1. The molecule has 0 bridgehead atoms. The predicted molar refractivity (Wildman–Crippen MR) is 48.9 cm³/mol. The molecule has 0 spiro atoms. The van der Waals surface area contributed by atoms with Crippen molar-refractivity contribution in [2.45, 2.75) is 0 Å². The second kappa shape index (κ2) is 3.96. The van der Waals surface area contributed by atoms with Gasteiger partial charge in [-0.05, 0) is 12.1 Å². The lowest BCUT2D eigenvalue weighted by atomic mass is 10.3. The zero-order valence-electron chi connectivity index (χ0n) is 6.66. The minimum absolute atomic E-state index is 0.0555. The van der Waals surface area contributed by atoms with Gasteiger partial charge in [-0.3, -0.25) is 0 Å². The average Bonchev–Trinajstić information content (AvgIpc) is 2.11. The second-order valence-corrected chi connectivity index (χ2v) is 2.65. The zero-order chi connectivity index (χ0) is 9.84. The van der Waals surface area contributed by atoms with E-state index < -0.39 is 5.97 Å². The summed E-state index contributed by atoms with van der Waals surface area (Å²) in [5, 5.41) is 9.18. The second-order valence-electron chi connectivity index (χ2n) is 2.24. The number of esters is 1. The molecular formula is C9H7ClO3. The fourth-order valence-corrected chi connectivity index (χ4v) is 0.879. The number of phenols is 1. The Morgan fingerprint density at radius 2 is 2.31 bits per heavy atom. The van der Waals surface area contributed by atoms with Gasteiger partial charge in [0.05, 0.1) is 5.02 Å². The van der Waals surface area contributed by atoms with Gasteiger partial charge in [-0.1, -0.05) is 18.2 Å². The molecule has 0 aliphatic rings. The highest BCUT2D eigenvalue weighted by molar-refractivity contribution is 6.32. The number of carbonyl (C=O) groups excluding carboxylic acids is 1. The number of ether oxygens (including phenoxy) is 1. The molecule has 1 aromatic carbocycles. The summed E-state index contributed by atoms with van der Waals surface area (Å²) in [6, 6.07) is 4.12. The molecule has 0 amide bonds. The summed E-state index contributed by atoms with van der Waals surface area (Å²) in [7, 11) is 0. The molecule has 0 saturated carbocycles. The quantitative estimate of drug-likeness (QED) is 0.450. The van der Waals surface area contributed by atoms with Crippen LogP contribution in [0, 0.1) is 0 Å². The summed E-state index contributed by atoms with van der Waals surface area (Å²) < 4.78 is 4.75. The van der Waals surface area contributed by atoms with E-state index in [0.717, 1.165) is 6.08 Å². The number of hydrogen-bond acceptors (Lipinski definition) is 3. The first-order valence-electron chi connectivity index (χ1n) is 3.46. The van der Waals surface area contributed by atoms with Gasteiger partial charge in [-0.25, -0.2) is 4.79 Å². The van der Waals surface area contributed by atoms with Crippen molar-refractivity contribution in [3.05, 3.63) is 35.9 Å². The van der Waals surface area contributed by atoms with E-state index in [1.165, 1.54) is 18.2 Å². The summed E-state index contributed by atoms with van der Waals surface area (Å²) in [4.78, 5) is 10.7. The van der Waals surface area contributed by atoms with Gasteiger partial charge in [0.2, 0.25) is 0 Å². The normalized spacial score (nSPS) is 9.31. The molecule has 0 aliphatic heterocycles. The van der Waals surface area contributed by atoms with Crippen LogP contribution >= 0.6 is 11.6 Å². The van der Waals surface area contributed by atoms with Crippen LogP contribution in [0.3, 0.4) is 0 Å². The molecule has 4 heteroatoms. The van der Waals surface area contributed by atoms with E-state index in [2.05, 4.69) is 6.58 Å². The number of phenolic OH excluding ortho intramolecular Hbond substituents is 1. The average molecular weight is 199 g/mol. The molecule has 0 aromatic heterocycles. The molecule has 68 valence electrons. The minimum atomic E-state index is -0.568. The molecule has 0 aliphatic carbocycles. The number of carbonyl (C=O) groups is 1. The van der Waals surface area contributed by atoms with E-state index in [0.29, 0.717) is 0 Å². The first-order valence-corrected chi connectivity index (χ1v) is 3.84. The summed E-state index contributed by atoms with van der Waals surface area (Å²) in [5.74, 6) is -0.352. The maximum atomic E-state index is 10.7.